The van der Waals surface area contributed by atoms with E-state index >= 15 is 0 Å². The Kier molecular flexibility index (Phi) is 4.36. The van der Waals surface area contributed by atoms with Crippen LogP contribution in [0.3, 0.4) is 0 Å². The molecule has 1 aromatic carbocycles. The van der Waals surface area contributed by atoms with Gasteiger partial charge in [-0.05, 0) is 24.3 Å². The van der Waals surface area contributed by atoms with Gasteiger partial charge >= 0.3 is 0 Å². The molecule has 0 fully saturated rings. The lowest BCUT2D eigenvalue weighted by Gasteiger charge is -2.08. The van der Waals surface area contributed by atoms with Gasteiger partial charge in [0.1, 0.15) is 18.5 Å². The first-order valence-corrected chi connectivity index (χ1v) is 4.76. The van der Waals surface area contributed by atoms with Crippen molar-refractivity contribution < 1.29 is 9.84 Å². The molecule has 0 aliphatic rings. The van der Waals surface area contributed by atoms with Crippen LogP contribution in [0.1, 0.15) is 0 Å². The summed E-state index contributed by atoms with van der Waals surface area (Å²) >= 11 is 11.1. The van der Waals surface area contributed by atoms with Crippen LogP contribution in [0.5, 0.6) is 5.75 Å². The SMILES string of the molecule is O[C@@H](CCl)COc1ccc(Cl)cc1. The fraction of sp³-hybridized carbons (Fsp3) is 0.333. The molecule has 0 saturated carbocycles. The zero-order valence-corrected chi connectivity index (χ0v) is 8.42. The summed E-state index contributed by atoms with van der Waals surface area (Å²) < 4.78 is 5.22. The number of aliphatic hydroxyl groups is 1. The van der Waals surface area contributed by atoms with Gasteiger partial charge in [-0.15, -0.1) is 11.6 Å². The van der Waals surface area contributed by atoms with E-state index in [1.807, 2.05) is 0 Å². The van der Waals surface area contributed by atoms with Gasteiger partial charge in [0.25, 0.3) is 0 Å². The third kappa shape index (κ3) is 3.85. The number of halogens is 2. The molecule has 0 aliphatic carbocycles. The van der Waals surface area contributed by atoms with Gasteiger partial charge in [-0.1, -0.05) is 11.6 Å². The minimum Gasteiger partial charge on any atom is -0.491 e. The molecular formula is C9H10Cl2O2. The summed E-state index contributed by atoms with van der Waals surface area (Å²) in [6.07, 6.45) is -0.627. The summed E-state index contributed by atoms with van der Waals surface area (Å²) in [4.78, 5) is 0. The van der Waals surface area contributed by atoms with E-state index in [9.17, 15) is 0 Å². The second-order valence-electron chi connectivity index (χ2n) is 2.57. The number of ether oxygens (including phenoxy) is 1. The van der Waals surface area contributed by atoms with Gasteiger partial charge in [-0.2, -0.15) is 0 Å². The standard InChI is InChI=1S/C9H10Cl2O2/c10-5-8(12)6-13-9-3-1-7(11)2-4-9/h1-4,8,12H,5-6H2/t8-/m0/s1. The quantitative estimate of drug-likeness (QED) is 0.790. The number of aliphatic hydroxyl groups excluding tert-OH is 1. The summed E-state index contributed by atoms with van der Waals surface area (Å²) in [5.41, 5.74) is 0. The summed E-state index contributed by atoms with van der Waals surface area (Å²) in [6, 6.07) is 6.93. The van der Waals surface area contributed by atoms with Crippen molar-refractivity contribution in [2.75, 3.05) is 12.5 Å². The topological polar surface area (TPSA) is 29.5 Å². The molecule has 0 radical (unpaired) electrons. The Balaban J connectivity index is 2.41. The normalized spacial score (nSPS) is 12.5. The van der Waals surface area contributed by atoms with Gasteiger partial charge < -0.3 is 9.84 Å². The van der Waals surface area contributed by atoms with Crippen LogP contribution >= 0.6 is 23.2 Å². The van der Waals surface area contributed by atoms with Gasteiger partial charge in [0.2, 0.25) is 0 Å². The van der Waals surface area contributed by atoms with Crippen LogP contribution in [0.4, 0.5) is 0 Å². The van der Waals surface area contributed by atoms with Crippen molar-refractivity contribution in [3.05, 3.63) is 29.3 Å². The first-order valence-electron chi connectivity index (χ1n) is 3.85. The highest BCUT2D eigenvalue weighted by molar-refractivity contribution is 6.30. The third-order valence-corrected chi connectivity index (χ3v) is 2.04. The minimum absolute atomic E-state index is 0.174. The first-order chi connectivity index (χ1) is 6.22. The van der Waals surface area contributed by atoms with E-state index in [2.05, 4.69) is 0 Å². The lowest BCUT2D eigenvalue weighted by atomic mass is 10.3. The van der Waals surface area contributed by atoms with E-state index < -0.39 is 6.10 Å². The average molecular weight is 221 g/mol. The molecule has 1 N–H and O–H groups in total. The Morgan fingerprint density at radius 1 is 1.31 bits per heavy atom. The fourth-order valence-electron chi connectivity index (χ4n) is 0.768. The summed E-state index contributed by atoms with van der Waals surface area (Å²) in [7, 11) is 0. The molecule has 0 amide bonds. The van der Waals surface area contributed by atoms with Crippen molar-refractivity contribution in [3.8, 4) is 5.75 Å². The predicted octanol–water partition coefficient (Wildman–Crippen LogP) is 2.32. The fourth-order valence-corrected chi connectivity index (χ4v) is 0.983. The lowest BCUT2D eigenvalue weighted by Crippen LogP contribution is -2.18. The third-order valence-electron chi connectivity index (χ3n) is 1.43. The number of rotatable bonds is 4. The van der Waals surface area contributed by atoms with E-state index in [4.69, 9.17) is 33.0 Å². The van der Waals surface area contributed by atoms with Gasteiger partial charge in [0, 0.05) is 5.02 Å². The average Bonchev–Trinajstić information content (AvgIpc) is 2.16. The molecule has 0 heterocycles. The molecule has 72 valence electrons. The van der Waals surface area contributed by atoms with Crippen LogP contribution in [-0.2, 0) is 0 Å². The van der Waals surface area contributed by atoms with Crippen LogP contribution in [-0.4, -0.2) is 23.7 Å². The highest BCUT2D eigenvalue weighted by Gasteiger charge is 2.02. The highest BCUT2D eigenvalue weighted by atomic mass is 35.5. The van der Waals surface area contributed by atoms with Crippen molar-refractivity contribution >= 4 is 23.2 Å². The van der Waals surface area contributed by atoms with Crippen molar-refractivity contribution in [2.24, 2.45) is 0 Å². The van der Waals surface area contributed by atoms with E-state index in [0.717, 1.165) is 0 Å². The number of hydrogen-bond donors (Lipinski definition) is 1. The van der Waals surface area contributed by atoms with E-state index in [0.29, 0.717) is 10.8 Å². The van der Waals surface area contributed by atoms with Crippen molar-refractivity contribution in [1.82, 2.24) is 0 Å². The molecule has 4 heteroatoms. The van der Waals surface area contributed by atoms with E-state index in [1.165, 1.54) is 0 Å². The Morgan fingerprint density at radius 3 is 2.46 bits per heavy atom. The molecular weight excluding hydrogens is 211 g/mol. The van der Waals surface area contributed by atoms with E-state index in [1.54, 1.807) is 24.3 Å². The molecule has 0 spiro atoms. The van der Waals surface area contributed by atoms with Gasteiger partial charge in [-0.3, -0.25) is 0 Å². The molecule has 0 aliphatic heterocycles. The highest BCUT2D eigenvalue weighted by Crippen LogP contribution is 2.15. The first kappa shape index (κ1) is 10.6. The predicted molar refractivity (Wildman–Crippen MR) is 53.7 cm³/mol. The van der Waals surface area contributed by atoms with Gasteiger partial charge in [0.15, 0.2) is 0 Å². The summed E-state index contributed by atoms with van der Waals surface area (Å²) in [5, 5.41) is 9.75. The molecule has 13 heavy (non-hydrogen) atoms. The smallest absolute Gasteiger partial charge is 0.119 e. The van der Waals surface area contributed by atoms with Crippen LogP contribution < -0.4 is 4.74 Å². The zero-order chi connectivity index (χ0) is 9.68. The van der Waals surface area contributed by atoms with Gasteiger partial charge in [-0.25, -0.2) is 0 Å². The number of benzene rings is 1. The maximum atomic E-state index is 9.09. The Hall–Kier alpha value is -0.440. The van der Waals surface area contributed by atoms with Crippen LogP contribution in [0.2, 0.25) is 5.02 Å². The van der Waals surface area contributed by atoms with Crippen LogP contribution in [0, 0.1) is 0 Å². The monoisotopic (exact) mass is 220 g/mol. The van der Waals surface area contributed by atoms with Crippen molar-refractivity contribution in [3.63, 3.8) is 0 Å². The summed E-state index contributed by atoms with van der Waals surface area (Å²) in [5.74, 6) is 0.849. The molecule has 0 unspecified atom stereocenters. The molecule has 1 aromatic rings. The van der Waals surface area contributed by atoms with E-state index in [-0.39, 0.29) is 12.5 Å². The largest absolute Gasteiger partial charge is 0.491 e. The molecule has 1 atom stereocenters. The molecule has 1 rings (SSSR count). The van der Waals surface area contributed by atoms with Crippen LogP contribution in [0.15, 0.2) is 24.3 Å². The Labute approximate surface area is 87.0 Å². The maximum Gasteiger partial charge on any atom is 0.119 e. The zero-order valence-electron chi connectivity index (χ0n) is 6.91. The molecule has 2 nitrogen and oxygen atoms in total. The second kappa shape index (κ2) is 5.32. The lowest BCUT2D eigenvalue weighted by molar-refractivity contribution is 0.125. The molecule has 0 saturated heterocycles. The number of hydrogen-bond acceptors (Lipinski definition) is 2. The maximum absolute atomic E-state index is 9.09. The molecule has 0 aromatic heterocycles. The number of alkyl halides is 1. The second-order valence-corrected chi connectivity index (χ2v) is 3.32. The Morgan fingerprint density at radius 2 is 1.92 bits per heavy atom. The van der Waals surface area contributed by atoms with Crippen molar-refractivity contribution in [1.29, 1.82) is 0 Å². The minimum atomic E-state index is -0.627. The molecule has 0 bridgehead atoms. The summed E-state index contributed by atoms with van der Waals surface area (Å²) in [6.45, 7) is 0.200. The Bertz CT molecular complexity index is 248. The van der Waals surface area contributed by atoms with Gasteiger partial charge in [0.05, 0.1) is 5.88 Å². The van der Waals surface area contributed by atoms with Crippen molar-refractivity contribution in [2.45, 2.75) is 6.10 Å². The van der Waals surface area contributed by atoms with Crippen LogP contribution in [0.25, 0.3) is 0 Å².